The summed E-state index contributed by atoms with van der Waals surface area (Å²) in [6.07, 6.45) is 24.0. The fourth-order valence-electron chi connectivity index (χ4n) is 6.63. The Morgan fingerprint density at radius 1 is 0.312 bits per heavy atom. The normalized spacial score (nSPS) is 12.0. The highest BCUT2D eigenvalue weighted by Gasteiger charge is 2.19. The zero-order chi connectivity index (χ0) is 31.9. The Balaban J connectivity index is 1.49. The van der Waals surface area contributed by atoms with Gasteiger partial charge in [-0.25, -0.2) is 29.9 Å². The molecule has 9 heterocycles. The Morgan fingerprint density at radius 3 is 0.771 bits per heavy atom. The molecule has 8 nitrogen and oxygen atoms in total. The first-order chi connectivity index (χ1) is 23.8. The summed E-state index contributed by atoms with van der Waals surface area (Å²) in [5.74, 6) is 0. The van der Waals surface area contributed by atoms with Gasteiger partial charge in [-0.05, 0) is 70.8 Å². The first-order valence-electron chi connectivity index (χ1n) is 15.8. The van der Waals surface area contributed by atoms with E-state index < -0.39 is 0 Å². The van der Waals surface area contributed by atoms with Crippen molar-refractivity contribution in [2.75, 3.05) is 0 Å². The van der Waals surface area contributed by atoms with Gasteiger partial charge in [0, 0.05) is 92.9 Å². The quantitative estimate of drug-likeness (QED) is 0.231. The first-order valence-corrected chi connectivity index (χ1v) is 15.8. The molecule has 0 aliphatic carbocycles. The van der Waals surface area contributed by atoms with Crippen LogP contribution in [0.1, 0.15) is 22.8 Å². The van der Waals surface area contributed by atoms with Crippen LogP contribution in [-0.2, 0) is 0 Å². The van der Waals surface area contributed by atoms with Gasteiger partial charge in [-0.3, -0.25) is 0 Å². The fraction of sp³-hybridized carbons (Fsp3) is 0. The summed E-state index contributed by atoms with van der Waals surface area (Å²) < 4.78 is 0. The smallest absolute Gasteiger partial charge is 0.167 e. The van der Waals surface area contributed by atoms with Gasteiger partial charge in [0.15, 0.2) is 49.6 Å². The highest BCUT2D eigenvalue weighted by atomic mass is 14.8. The van der Waals surface area contributed by atoms with Gasteiger partial charge >= 0.3 is 0 Å². The van der Waals surface area contributed by atoms with Gasteiger partial charge in [0.1, 0.15) is 0 Å². The van der Waals surface area contributed by atoms with E-state index in [1.807, 2.05) is 49.6 Å². The maximum absolute atomic E-state index is 5.32. The third-order valence-electron chi connectivity index (χ3n) is 8.78. The van der Waals surface area contributed by atoms with Crippen LogP contribution < -0.4 is 19.9 Å². The molecule has 2 aliphatic rings. The van der Waals surface area contributed by atoms with Crippen molar-refractivity contribution in [2.45, 2.75) is 0 Å². The Morgan fingerprint density at radius 2 is 0.542 bits per heavy atom. The third-order valence-corrected chi connectivity index (χ3v) is 8.78. The molecule has 0 fully saturated rings. The Kier molecular flexibility index (Phi) is 6.61. The monoisotopic (exact) mass is 622 g/mol. The van der Waals surface area contributed by atoms with E-state index in [9.17, 15) is 0 Å². The second kappa shape index (κ2) is 11.5. The molecule has 0 aromatic carbocycles. The topological polar surface area (TPSA) is 114 Å². The molecule has 7 aromatic heterocycles. The lowest BCUT2D eigenvalue weighted by atomic mass is 10.1. The number of nitrogens with zero attached hydrogens (tertiary/aromatic N) is 2. The predicted molar refractivity (Wildman–Crippen MR) is 187 cm³/mol. The summed E-state index contributed by atoms with van der Waals surface area (Å²) >= 11 is 0. The van der Waals surface area contributed by atoms with Crippen molar-refractivity contribution in [3.8, 4) is 44.5 Å². The number of pyridine rings is 4. The van der Waals surface area contributed by atoms with Crippen LogP contribution >= 0.6 is 0 Å². The second-order valence-corrected chi connectivity index (χ2v) is 11.7. The van der Waals surface area contributed by atoms with Gasteiger partial charge in [0.2, 0.25) is 0 Å². The molecule has 9 rings (SSSR count). The molecular formula is C40H30N8+4. The Hall–Kier alpha value is -6.80. The van der Waals surface area contributed by atoms with E-state index >= 15 is 0 Å². The zero-order valence-electron chi connectivity index (χ0n) is 25.8. The van der Waals surface area contributed by atoms with Crippen molar-refractivity contribution < 1.29 is 19.9 Å². The van der Waals surface area contributed by atoms with Crippen molar-refractivity contribution in [1.82, 2.24) is 19.9 Å². The van der Waals surface area contributed by atoms with Crippen molar-refractivity contribution in [3.63, 3.8) is 0 Å². The minimum atomic E-state index is 0.876. The van der Waals surface area contributed by atoms with E-state index in [-0.39, 0.29) is 0 Å². The van der Waals surface area contributed by atoms with E-state index in [0.29, 0.717) is 0 Å². The molecule has 2 aliphatic heterocycles. The summed E-state index contributed by atoms with van der Waals surface area (Å²) in [6, 6.07) is 25.2. The van der Waals surface area contributed by atoms with Crippen LogP contribution in [0.2, 0.25) is 0 Å². The van der Waals surface area contributed by atoms with Crippen LogP contribution in [0.25, 0.3) is 90.9 Å². The minimum Gasteiger partial charge on any atom is -0.354 e. The molecule has 48 heavy (non-hydrogen) atoms. The van der Waals surface area contributed by atoms with Gasteiger partial charge in [-0.1, -0.05) is 0 Å². The molecule has 8 bridgehead atoms. The Bertz CT molecular complexity index is 2190. The molecular weight excluding hydrogens is 592 g/mol. The Labute approximate surface area is 275 Å². The SMILES string of the molecule is C1=Cc2nc1c(-c1cc[nH+]cc1)c1ccc([nH]1)c(-c1cc[nH+]cc1)c1nc(c(-c3cc[nH+]cc3)c3ccc([nH]3)c2-c2cc[nH+]cc2)C=C1. The number of nitrogens with one attached hydrogen (secondary N) is 6. The fourth-order valence-corrected chi connectivity index (χ4v) is 6.63. The van der Waals surface area contributed by atoms with Gasteiger partial charge in [0.05, 0.1) is 22.8 Å². The molecule has 0 amide bonds. The standard InChI is InChI=1S/C40H26N8/c1-2-30-38(26-11-19-42-20-12-26)32-5-6-34(47-32)40(28-15-23-44-24-16-28)36-8-7-35(48-36)39(27-13-21-43-22-14-27)33-4-3-31(46-33)37(29(1)45-30)25-9-17-41-18-10-25/h1-24,45,48H/p+4. The average molecular weight is 623 g/mol. The maximum atomic E-state index is 5.32. The van der Waals surface area contributed by atoms with Crippen LogP contribution in [0.4, 0.5) is 0 Å². The van der Waals surface area contributed by atoms with E-state index in [1.54, 1.807) is 0 Å². The molecule has 0 atom stereocenters. The molecule has 226 valence electrons. The lowest BCUT2D eigenvalue weighted by molar-refractivity contribution is -0.378. The van der Waals surface area contributed by atoms with Crippen LogP contribution in [0.5, 0.6) is 0 Å². The molecule has 0 saturated heterocycles. The number of aromatic amines is 6. The van der Waals surface area contributed by atoms with Gasteiger partial charge in [-0.15, -0.1) is 0 Å². The summed E-state index contributed by atoms with van der Waals surface area (Å²) in [4.78, 5) is 30.9. The highest BCUT2D eigenvalue weighted by Crippen LogP contribution is 2.37. The van der Waals surface area contributed by atoms with Gasteiger partial charge in [-0.2, -0.15) is 0 Å². The molecule has 0 unspecified atom stereocenters. The lowest BCUT2D eigenvalue weighted by Gasteiger charge is -2.05. The predicted octanol–water partition coefficient (Wildman–Crippen LogP) is 6.58. The third kappa shape index (κ3) is 4.80. The number of aromatic nitrogens is 8. The molecule has 0 radical (unpaired) electrons. The lowest BCUT2D eigenvalue weighted by Crippen LogP contribution is -1.98. The number of fused-ring (bicyclic) bond motifs is 8. The molecule has 0 saturated carbocycles. The van der Waals surface area contributed by atoms with Crippen molar-refractivity contribution in [1.29, 1.82) is 0 Å². The summed E-state index contributed by atoms with van der Waals surface area (Å²) in [7, 11) is 0. The zero-order valence-corrected chi connectivity index (χ0v) is 25.8. The van der Waals surface area contributed by atoms with Gasteiger partial charge in [0.25, 0.3) is 0 Å². The number of hydrogen-bond acceptors (Lipinski definition) is 2. The summed E-state index contributed by atoms with van der Waals surface area (Å²) in [5.41, 5.74) is 15.6. The van der Waals surface area contributed by atoms with Crippen molar-refractivity contribution in [3.05, 3.63) is 145 Å². The van der Waals surface area contributed by atoms with Crippen molar-refractivity contribution in [2.24, 2.45) is 0 Å². The molecule has 7 aromatic rings. The number of H-pyrrole nitrogens is 6. The largest absolute Gasteiger partial charge is 0.354 e. The number of hydrogen-bond donors (Lipinski definition) is 2. The molecule has 6 N–H and O–H groups in total. The van der Waals surface area contributed by atoms with Crippen molar-refractivity contribution >= 4 is 46.4 Å². The van der Waals surface area contributed by atoms with Crippen LogP contribution in [0.15, 0.2) is 122 Å². The van der Waals surface area contributed by atoms with Crippen LogP contribution in [0.3, 0.4) is 0 Å². The second-order valence-electron chi connectivity index (χ2n) is 11.7. The maximum Gasteiger partial charge on any atom is 0.167 e. The highest BCUT2D eigenvalue weighted by molar-refractivity contribution is 5.99. The van der Waals surface area contributed by atoms with E-state index in [1.165, 1.54) is 0 Å². The van der Waals surface area contributed by atoms with Crippen LogP contribution in [-0.4, -0.2) is 19.9 Å². The van der Waals surface area contributed by atoms with E-state index in [4.69, 9.17) is 9.97 Å². The van der Waals surface area contributed by atoms with Gasteiger partial charge < -0.3 is 9.97 Å². The first kappa shape index (κ1) is 27.5. The van der Waals surface area contributed by atoms with E-state index in [2.05, 4.69) is 127 Å². The molecule has 8 heteroatoms. The molecule has 0 spiro atoms. The summed E-state index contributed by atoms with van der Waals surface area (Å²) in [5, 5.41) is 0. The summed E-state index contributed by atoms with van der Waals surface area (Å²) in [6.45, 7) is 0. The minimum absolute atomic E-state index is 0.876. The van der Waals surface area contributed by atoms with Crippen LogP contribution in [0, 0.1) is 0 Å². The average Bonchev–Trinajstić information content (AvgIpc) is 3.98. The number of rotatable bonds is 4. The van der Waals surface area contributed by atoms with E-state index in [0.717, 1.165) is 89.4 Å².